The quantitative estimate of drug-likeness (QED) is 0.402. The number of aromatic nitrogens is 2. The minimum absolute atomic E-state index is 0.0218. The largest absolute Gasteiger partial charge is 0.573 e. The van der Waals surface area contributed by atoms with E-state index in [1.54, 1.807) is 28.8 Å². The van der Waals surface area contributed by atoms with Crippen LogP contribution in [0.25, 0.3) is 11.0 Å². The number of hydrogen-bond donors (Lipinski definition) is 1. The zero-order valence-electron chi connectivity index (χ0n) is 16.9. The summed E-state index contributed by atoms with van der Waals surface area (Å²) in [4.78, 5) is 16.8. The molecule has 0 fully saturated rings. The van der Waals surface area contributed by atoms with E-state index in [0.717, 1.165) is 18.2 Å². The normalized spacial score (nSPS) is 11.5. The van der Waals surface area contributed by atoms with E-state index in [1.807, 2.05) is 0 Å². The lowest BCUT2D eigenvalue weighted by Crippen LogP contribution is -2.23. The Bertz CT molecular complexity index is 1320. The molecule has 0 aliphatic heterocycles. The molecule has 0 saturated carbocycles. The fourth-order valence-electron chi connectivity index (χ4n) is 3.29. The maximum absolute atomic E-state index is 14.0. The summed E-state index contributed by atoms with van der Waals surface area (Å²) in [5, 5.41) is 2.64. The topological polar surface area (TPSA) is 56.1 Å². The molecule has 0 bridgehead atoms. The van der Waals surface area contributed by atoms with Crippen LogP contribution in [-0.4, -0.2) is 21.8 Å². The van der Waals surface area contributed by atoms with Gasteiger partial charge in [-0.2, -0.15) is 0 Å². The van der Waals surface area contributed by atoms with Crippen LogP contribution >= 0.6 is 0 Å². The molecule has 4 rings (SSSR count). The lowest BCUT2D eigenvalue weighted by atomic mass is 10.1. The van der Waals surface area contributed by atoms with Crippen LogP contribution in [0.2, 0.25) is 0 Å². The summed E-state index contributed by atoms with van der Waals surface area (Å²) in [6.45, 7) is 0.0612. The molecule has 33 heavy (non-hydrogen) atoms. The van der Waals surface area contributed by atoms with Gasteiger partial charge in [0, 0.05) is 23.7 Å². The smallest absolute Gasteiger partial charge is 0.406 e. The Balaban J connectivity index is 1.49. The fraction of sp³-hybridized carbons (Fsp3) is 0.130. The molecular formula is C23H16F5N3O2. The van der Waals surface area contributed by atoms with E-state index < -0.39 is 23.9 Å². The van der Waals surface area contributed by atoms with Gasteiger partial charge in [0.1, 0.15) is 17.4 Å². The van der Waals surface area contributed by atoms with Gasteiger partial charge in [-0.3, -0.25) is 4.79 Å². The van der Waals surface area contributed by atoms with E-state index in [9.17, 15) is 26.7 Å². The molecule has 0 unspecified atom stereocenters. The van der Waals surface area contributed by atoms with Crippen LogP contribution in [0.15, 0.2) is 67.0 Å². The van der Waals surface area contributed by atoms with Crippen molar-refractivity contribution in [3.05, 3.63) is 95.3 Å². The molecule has 5 nitrogen and oxygen atoms in total. The number of rotatable bonds is 6. The molecule has 0 saturated heterocycles. The minimum Gasteiger partial charge on any atom is -0.406 e. The van der Waals surface area contributed by atoms with Gasteiger partial charge in [-0.05, 0) is 42.0 Å². The highest BCUT2D eigenvalue weighted by Gasteiger charge is 2.31. The van der Waals surface area contributed by atoms with Crippen LogP contribution in [0.4, 0.5) is 22.0 Å². The molecule has 1 aromatic heterocycles. The highest BCUT2D eigenvalue weighted by atomic mass is 19.4. The van der Waals surface area contributed by atoms with Crippen LogP contribution in [0, 0.1) is 11.6 Å². The first kappa shape index (κ1) is 22.3. The van der Waals surface area contributed by atoms with Crippen LogP contribution in [0.3, 0.4) is 0 Å². The number of carbonyl (C=O) groups is 1. The third kappa shape index (κ3) is 5.46. The van der Waals surface area contributed by atoms with Crippen LogP contribution < -0.4 is 10.1 Å². The van der Waals surface area contributed by atoms with Gasteiger partial charge < -0.3 is 14.6 Å². The monoisotopic (exact) mass is 461 g/mol. The summed E-state index contributed by atoms with van der Waals surface area (Å²) in [7, 11) is 0. The predicted octanol–water partition coefficient (Wildman–Crippen LogP) is 5.19. The summed E-state index contributed by atoms with van der Waals surface area (Å²) in [6, 6.07) is 13.3. The van der Waals surface area contributed by atoms with Gasteiger partial charge >= 0.3 is 6.36 Å². The Morgan fingerprint density at radius 1 is 1.03 bits per heavy atom. The summed E-state index contributed by atoms with van der Waals surface area (Å²) in [5.41, 5.74) is 2.10. The number of hydrogen-bond acceptors (Lipinski definition) is 3. The molecule has 0 aliphatic rings. The van der Waals surface area contributed by atoms with E-state index >= 15 is 0 Å². The number of alkyl halides is 3. The van der Waals surface area contributed by atoms with E-state index in [0.29, 0.717) is 16.6 Å². The van der Waals surface area contributed by atoms with Crippen molar-refractivity contribution in [3.63, 3.8) is 0 Å². The molecule has 0 radical (unpaired) electrons. The molecule has 1 heterocycles. The Morgan fingerprint density at radius 3 is 2.61 bits per heavy atom. The van der Waals surface area contributed by atoms with Crippen molar-refractivity contribution in [2.24, 2.45) is 0 Å². The first-order chi connectivity index (χ1) is 15.7. The van der Waals surface area contributed by atoms with Crippen LogP contribution in [0.1, 0.15) is 21.5 Å². The average molecular weight is 461 g/mol. The second-order valence-corrected chi connectivity index (χ2v) is 7.19. The minimum atomic E-state index is -4.81. The lowest BCUT2D eigenvalue weighted by Gasteiger charge is -2.11. The van der Waals surface area contributed by atoms with Gasteiger partial charge in [0.25, 0.3) is 5.91 Å². The molecule has 0 spiro atoms. The molecule has 0 atom stereocenters. The average Bonchev–Trinajstić information content (AvgIpc) is 3.15. The molecule has 3 aromatic carbocycles. The van der Waals surface area contributed by atoms with E-state index in [1.165, 1.54) is 24.5 Å². The van der Waals surface area contributed by atoms with Crippen molar-refractivity contribution in [1.29, 1.82) is 0 Å². The molecule has 1 amide bonds. The van der Waals surface area contributed by atoms with Gasteiger partial charge in [-0.1, -0.05) is 18.2 Å². The molecule has 10 heteroatoms. The van der Waals surface area contributed by atoms with Crippen LogP contribution in [-0.2, 0) is 13.1 Å². The molecule has 4 aromatic rings. The number of nitrogens with zero attached hydrogens (tertiary/aromatic N) is 2. The van der Waals surface area contributed by atoms with Gasteiger partial charge in [0.15, 0.2) is 0 Å². The summed E-state index contributed by atoms with van der Waals surface area (Å²) >= 11 is 0. The zero-order chi connectivity index (χ0) is 23.6. The predicted molar refractivity (Wildman–Crippen MR) is 109 cm³/mol. The fourth-order valence-corrected chi connectivity index (χ4v) is 3.29. The first-order valence-corrected chi connectivity index (χ1v) is 9.70. The molecule has 1 N–H and O–H groups in total. The lowest BCUT2D eigenvalue weighted by molar-refractivity contribution is -0.274. The van der Waals surface area contributed by atoms with Crippen molar-refractivity contribution in [1.82, 2.24) is 14.9 Å². The van der Waals surface area contributed by atoms with E-state index in [-0.39, 0.29) is 30.0 Å². The summed E-state index contributed by atoms with van der Waals surface area (Å²) in [6.07, 6.45) is -3.32. The van der Waals surface area contributed by atoms with Gasteiger partial charge in [-0.15, -0.1) is 13.2 Å². The summed E-state index contributed by atoms with van der Waals surface area (Å²) in [5.74, 6) is -2.21. The number of amides is 1. The third-order valence-electron chi connectivity index (χ3n) is 4.82. The first-order valence-electron chi connectivity index (χ1n) is 9.70. The Morgan fingerprint density at radius 2 is 1.85 bits per heavy atom. The molecular weight excluding hydrogens is 445 g/mol. The maximum atomic E-state index is 14.0. The van der Waals surface area contributed by atoms with Gasteiger partial charge in [-0.25, -0.2) is 13.8 Å². The van der Waals surface area contributed by atoms with Crippen LogP contribution in [0.5, 0.6) is 5.75 Å². The number of halogens is 5. The standard InChI is InChI=1S/C23H16F5N3O2/c24-17-6-4-16(19(25)10-17)12-31-13-30-20-7-5-15(9-21(20)31)22(32)29-11-14-2-1-3-18(8-14)33-23(26,27)28/h1-10,13H,11-12H2,(H,29,32). The molecule has 170 valence electrons. The number of imidazole rings is 1. The van der Waals surface area contributed by atoms with Crippen molar-refractivity contribution in [2.45, 2.75) is 19.5 Å². The Kier molecular flexibility index (Phi) is 5.99. The number of ether oxygens (including phenoxy) is 1. The van der Waals surface area contributed by atoms with E-state index in [2.05, 4.69) is 15.0 Å². The van der Waals surface area contributed by atoms with Crippen molar-refractivity contribution < 1.29 is 31.5 Å². The second-order valence-electron chi connectivity index (χ2n) is 7.19. The Hall–Kier alpha value is -3.95. The van der Waals surface area contributed by atoms with E-state index in [4.69, 9.17) is 0 Å². The van der Waals surface area contributed by atoms with Gasteiger partial charge in [0.05, 0.1) is 23.9 Å². The third-order valence-corrected chi connectivity index (χ3v) is 4.82. The van der Waals surface area contributed by atoms with Crippen molar-refractivity contribution in [3.8, 4) is 5.75 Å². The second kappa shape index (κ2) is 8.89. The maximum Gasteiger partial charge on any atom is 0.573 e. The zero-order valence-corrected chi connectivity index (χ0v) is 16.9. The number of nitrogens with one attached hydrogen (secondary N) is 1. The van der Waals surface area contributed by atoms with Gasteiger partial charge in [0.2, 0.25) is 0 Å². The highest BCUT2D eigenvalue weighted by molar-refractivity contribution is 5.97. The Labute approximate surface area is 184 Å². The SMILES string of the molecule is O=C(NCc1cccc(OC(F)(F)F)c1)c1ccc2ncn(Cc3ccc(F)cc3F)c2c1. The van der Waals surface area contributed by atoms with Crippen molar-refractivity contribution in [2.75, 3.05) is 0 Å². The molecule has 0 aliphatic carbocycles. The van der Waals surface area contributed by atoms with Crippen molar-refractivity contribution >= 4 is 16.9 Å². The number of fused-ring (bicyclic) bond motifs is 1. The number of benzene rings is 3. The number of carbonyl (C=O) groups excluding carboxylic acids is 1. The highest BCUT2D eigenvalue weighted by Crippen LogP contribution is 2.23. The summed E-state index contributed by atoms with van der Waals surface area (Å²) < 4.78 is 69.8.